The van der Waals surface area contributed by atoms with E-state index >= 15 is 0 Å². The van der Waals surface area contributed by atoms with Gasteiger partial charge in [0.2, 0.25) is 5.55 Å². The highest BCUT2D eigenvalue weighted by Gasteiger charge is 2.18. The van der Waals surface area contributed by atoms with Crippen LogP contribution in [0.5, 0.6) is 23.0 Å². The molecule has 0 unspecified atom stereocenters. The molecule has 0 aliphatic heterocycles. The van der Waals surface area contributed by atoms with Gasteiger partial charge < -0.3 is 33.4 Å². The van der Waals surface area contributed by atoms with Crippen LogP contribution in [-0.2, 0) is 16.1 Å². The molecule has 0 radical (unpaired) electrons. The zero-order valence-electron chi connectivity index (χ0n) is 23.0. The monoisotopic (exact) mass is 547 g/mol. The van der Waals surface area contributed by atoms with Crippen molar-refractivity contribution in [2.24, 2.45) is 4.99 Å². The molecule has 40 heavy (non-hydrogen) atoms. The number of esters is 1. The molecule has 4 rings (SSSR count). The first-order valence-corrected chi connectivity index (χ1v) is 12.1. The Kier molecular flexibility index (Phi) is 8.53. The molecular weight excluding hydrogens is 518 g/mol. The summed E-state index contributed by atoms with van der Waals surface area (Å²) in [5, 5.41) is 3.40. The molecule has 1 N–H and O–H groups in total. The normalized spacial score (nSPS) is 11.2. The Hall–Kier alpha value is -5.06. The van der Waals surface area contributed by atoms with E-state index in [4.69, 9.17) is 28.1 Å². The summed E-state index contributed by atoms with van der Waals surface area (Å²) in [7, 11) is 6.08. The SMILES string of the molecule is COc1cc(NC(=O)c2cc3c(COC(C)=O)cnc(C)c3oc2=Nc2ccc(OC)cc2OC)cc(OC)c1. The maximum Gasteiger partial charge on any atom is 0.302 e. The molecule has 0 aliphatic rings. The van der Waals surface area contributed by atoms with Crippen LogP contribution in [0.4, 0.5) is 11.4 Å². The maximum absolute atomic E-state index is 13.7. The van der Waals surface area contributed by atoms with Gasteiger partial charge in [0, 0.05) is 54.0 Å². The van der Waals surface area contributed by atoms with Crippen LogP contribution in [-0.4, -0.2) is 45.3 Å². The van der Waals surface area contributed by atoms with Gasteiger partial charge in [-0.25, -0.2) is 4.99 Å². The minimum Gasteiger partial charge on any atom is -0.497 e. The number of carbonyl (C=O) groups is 2. The lowest BCUT2D eigenvalue weighted by atomic mass is 10.1. The molecule has 11 heteroatoms. The number of aromatic nitrogens is 1. The molecule has 0 saturated carbocycles. The number of nitrogens with one attached hydrogen (secondary N) is 1. The van der Waals surface area contributed by atoms with Crippen molar-refractivity contribution >= 4 is 34.2 Å². The number of benzene rings is 2. The topological polar surface area (TPSA) is 131 Å². The van der Waals surface area contributed by atoms with E-state index in [9.17, 15) is 9.59 Å². The van der Waals surface area contributed by atoms with Gasteiger partial charge in [0.1, 0.15) is 40.9 Å². The first kappa shape index (κ1) is 28.0. The van der Waals surface area contributed by atoms with Crippen LogP contribution in [0.25, 0.3) is 11.0 Å². The van der Waals surface area contributed by atoms with E-state index in [2.05, 4.69) is 15.3 Å². The highest BCUT2D eigenvalue weighted by Crippen LogP contribution is 2.32. The van der Waals surface area contributed by atoms with Crippen molar-refractivity contribution in [3.63, 3.8) is 0 Å². The molecule has 2 heterocycles. The van der Waals surface area contributed by atoms with Gasteiger partial charge in [0.25, 0.3) is 5.91 Å². The lowest BCUT2D eigenvalue weighted by molar-refractivity contribution is -0.142. The summed E-state index contributed by atoms with van der Waals surface area (Å²) >= 11 is 0. The van der Waals surface area contributed by atoms with Crippen LogP contribution in [0.2, 0.25) is 0 Å². The van der Waals surface area contributed by atoms with Gasteiger partial charge in [0.15, 0.2) is 5.58 Å². The predicted molar refractivity (Wildman–Crippen MR) is 146 cm³/mol. The largest absolute Gasteiger partial charge is 0.497 e. The Morgan fingerprint density at radius 1 is 0.925 bits per heavy atom. The van der Waals surface area contributed by atoms with Gasteiger partial charge in [0.05, 0.1) is 34.1 Å². The number of aryl methyl sites for hydroxylation is 1. The molecule has 1 amide bonds. The number of methoxy groups -OCH3 is 4. The van der Waals surface area contributed by atoms with Gasteiger partial charge in [-0.3, -0.25) is 14.6 Å². The molecule has 4 aromatic rings. The summed E-state index contributed by atoms with van der Waals surface area (Å²) < 4.78 is 32.8. The van der Waals surface area contributed by atoms with Crippen molar-refractivity contribution in [1.29, 1.82) is 0 Å². The quantitative estimate of drug-likeness (QED) is 0.296. The smallest absolute Gasteiger partial charge is 0.302 e. The number of hydrogen-bond donors (Lipinski definition) is 1. The highest BCUT2D eigenvalue weighted by molar-refractivity contribution is 6.06. The van der Waals surface area contributed by atoms with Crippen molar-refractivity contribution in [3.05, 3.63) is 71.0 Å². The Labute approximate surface area is 230 Å². The Morgan fingerprint density at radius 2 is 1.62 bits per heavy atom. The fourth-order valence-electron chi connectivity index (χ4n) is 3.89. The summed E-state index contributed by atoms with van der Waals surface area (Å²) in [5.74, 6) is 1.02. The van der Waals surface area contributed by atoms with Crippen LogP contribution in [0.15, 0.2) is 58.1 Å². The van der Waals surface area contributed by atoms with Gasteiger partial charge >= 0.3 is 5.97 Å². The van der Waals surface area contributed by atoms with Gasteiger partial charge in [-0.2, -0.15) is 0 Å². The molecule has 2 aromatic heterocycles. The molecule has 0 atom stereocenters. The molecule has 0 saturated heterocycles. The Balaban J connectivity index is 1.93. The van der Waals surface area contributed by atoms with Crippen molar-refractivity contribution in [1.82, 2.24) is 4.98 Å². The molecule has 0 spiro atoms. The van der Waals surface area contributed by atoms with E-state index in [1.807, 2.05) is 0 Å². The maximum atomic E-state index is 13.7. The summed E-state index contributed by atoms with van der Waals surface area (Å²) in [6.07, 6.45) is 1.58. The summed E-state index contributed by atoms with van der Waals surface area (Å²) in [4.78, 5) is 34.2. The van der Waals surface area contributed by atoms with Crippen LogP contribution in [0, 0.1) is 6.92 Å². The molecule has 11 nitrogen and oxygen atoms in total. The predicted octanol–water partition coefficient (Wildman–Crippen LogP) is 4.72. The number of amides is 1. The number of fused-ring (bicyclic) bond motifs is 1. The molecule has 0 fully saturated rings. The minimum absolute atomic E-state index is 0.0119. The minimum atomic E-state index is -0.514. The van der Waals surface area contributed by atoms with Crippen molar-refractivity contribution in [2.45, 2.75) is 20.5 Å². The third kappa shape index (κ3) is 6.15. The summed E-state index contributed by atoms with van der Waals surface area (Å²) in [6, 6.07) is 11.7. The number of ether oxygens (including phenoxy) is 5. The van der Waals surface area contributed by atoms with E-state index in [-0.39, 0.29) is 17.7 Å². The Bertz CT molecular complexity index is 1620. The average molecular weight is 548 g/mol. The Morgan fingerprint density at radius 3 is 2.25 bits per heavy atom. The second kappa shape index (κ2) is 12.2. The van der Waals surface area contributed by atoms with E-state index in [0.29, 0.717) is 56.6 Å². The van der Waals surface area contributed by atoms with E-state index < -0.39 is 11.9 Å². The fourth-order valence-corrected chi connectivity index (χ4v) is 3.89. The first-order valence-electron chi connectivity index (χ1n) is 12.1. The van der Waals surface area contributed by atoms with Crippen molar-refractivity contribution in [2.75, 3.05) is 33.8 Å². The zero-order chi connectivity index (χ0) is 28.8. The number of rotatable bonds is 9. The summed E-state index contributed by atoms with van der Waals surface area (Å²) in [5.41, 5.74) is 2.47. The van der Waals surface area contributed by atoms with Gasteiger partial charge in [-0.05, 0) is 25.1 Å². The van der Waals surface area contributed by atoms with Gasteiger partial charge in [-0.1, -0.05) is 0 Å². The van der Waals surface area contributed by atoms with Crippen molar-refractivity contribution < 1.29 is 37.7 Å². The fraction of sp³-hybridized carbons (Fsp3) is 0.241. The lowest BCUT2D eigenvalue weighted by Crippen LogP contribution is -2.22. The number of nitrogens with zero attached hydrogens (tertiary/aromatic N) is 2. The second-order valence-electron chi connectivity index (χ2n) is 8.56. The number of pyridine rings is 1. The van der Waals surface area contributed by atoms with Crippen LogP contribution in [0.1, 0.15) is 28.5 Å². The highest BCUT2D eigenvalue weighted by atomic mass is 16.5. The van der Waals surface area contributed by atoms with Crippen LogP contribution in [0.3, 0.4) is 0 Å². The third-order valence-corrected chi connectivity index (χ3v) is 5.94. The third-order valence-electron chi connectivity index (χ3n) is 5.94. The van der Waals surface area contributed by atoms with Crippen LogP contribution >= 0.6 is 0 Å². The second-order valence-corrected chi connectivity index (χ2v) is 8.56. The first-order chi connectivity index (χ1) is 19.3. The molecule has 0 aliphatic carbocycles. The van der Waals surface area contributed by atoms with Crippen molar-refractivity contribution in [3.8, 4) is 23.0 Å². The summed E-state index contributed by atoms with van der Waals surface area (Å²) in [6.45, 7) is 3.03. The molecule has 2 aromatic carbocycles. The molecular formula is C29H29N3O8. The average Bonchev–Trinajstić information content (AvgIpc) is 2.96. The number of hydrogen-bond acceptors (Lipinski definition) is 10. The number of anilines is 1. The lowest BCUT2D eigenvalue weighted by Gasteiger charge is -2.12. The van der Waals surface area contributed by atoms with Crippen LogP contribution < -0.4 is 29.8 Å². The molecule has 208 valence electrons. The zero-order valence-corrected chi connectivity index (χ0v) is 23.0. The number of carbonyl (C=O) groups excluding carboxylic acids is 2. The molecule has 0 bridgehead atoms. The van der Waals surface area contributed by atoms with E-state index in [1.165, 1.54) is 28.3 Å². The van der Waals surface area contributed by atoms with Gasteiger partial charge in [-0.15, -0.1) is 0 Å². The van der Waals surface area contributed by atoms with E-state index in [0.717, 1.165) is 0 Å². The van der Waals surface area contributed by atoms with E-state index in [1.54, 1.807) is 62.7 Å². The standard InChI is InChI=1S/C29H29N3O8/c1-16-27-23(18(14-30-16)15-39-17(2)33)13-24(28(34)31-19-9-21(36-4)11-22(10-19)37-5)29(40-27)32-25-8-7-20(35-3)12-26(25)38-6/h7-14H,15H2,1-6H3,(H,31,34).